The molecule has 1 N–H and O–H groups in total. The third-order valence-corrected chi connectivity index (χ3v) is 4.70. The van der Waals surface area contributed by atoms with Gasteiger partial charge in [0.1, 0.15) is 4.83 Å². The number of fused-ring (bicyclic) bond motifs is 1. The summed E-state index contributed by atoms with van der Waals surface area (Å²) in [7, 11) is 0. The van der Waals surface area contributed by atoms with Crippen molar-refractivity contribution in [3.63, 3.8) is 0 Å². The highest BCUT2D eigenvalue weighted by Gasteiger charge is 2.17. The molecule has 6 heteroatoms. The molecule has 0 amide bonds. The zero-order valence-electron chi connectivity index (χ0n) is 13.5. The van der Waals surface area contributed by atoms with Gasteiger partial charge in [-0.05, 0) is 45.4 Å². The van der Waals surface area contributed by atoms with Crippen LogP contribution in [0.5, 0.6) is 0 Å². The summed E-state index contributed by atoms with van der Waals surface area (Å²) < 4.78 is 1.58. The number of rotatable bonds is 3. The lowest BCUT2D eigenvalue weighted by molar-refractivity contribution is 0.956. The average Bonchev–Trinajstić information content (AvgIpc) is 2.81. The van der Waals surface area contributed by atoms with E-state index in [4.69, 9.17) is 0 Å². The van der Waals surface area contributed by atoms with Crippen molar-refractivity contribution >= 4 is 33.2 Å². The molecule has 0 spiro atoms. The molecule has 0 aliphatic heterocycles. The lowest BCUT2D eigenvalue weighted by Crippen LogP contribution is -2.22. The Morgan fingerprint density at radius 3 is 2.57 bits per heavy atom. The Morgan fingerprint density at radius 1 is 1.22 bits per heavy atom. The largest absolute Gasteiger partial charge is 0.268 e. The Morgan fingerprint density at radius 2 is 1.91 bits per heavy atom. The minimum absolute atomic E-state index is 0.0745. The van der Waals surface area contributed by atoms with Crippen LogP contribution in [0.1, 0.15) is 24.3 Å². The van der Waals surface area contributed by atoms with Gasteiger partial charge in [0.05, 0.1) is 11.1 Å². The van der Waals surface area contributed by atoms with Crippen LogP contribution in [-0.2, 0) is 0 Å². The molecule has 0 atom stereocenters. The molecule has 2 heterocycles. The number of aromatic nitrogens is 2. The molecular formula is C17H18N4OS. The fourth-order valence-electron chi connectivity index (χ4n) is 2.35. The van der Waals surface area contributed by atoms with Crippen LogP contribution in [0.2, 0.25) is 0 Å². The lowest BCUT2D eigenvalue weighted by Gasteiger charge is -2.12. The summed E-state index contributed by atoms with van der Waals surface area (Å²) in [6.07, 6.45) is 0. The maximum absolute atomic E-state index is 13.1. The molecule has 0 saturated heterocycles. The summed E-state index contributed by atoms with van der Waals surface area (Å²) in [5.41, 5.74) is 5.46. The first-order valence-corrected chi connectivity index (χ1v) is 8.15. The molecule has 3 aromatic rings. The number of para-hydroxylation sites is 1. The predicted molar refractivity (Wildman–Crippen MR) is 97.1 cm³/mol. The zero-order valence-corrected chi connectivity index (χ0v) is 14.4. The van der Waals surface area contributed by atoms with Gasteiger partial charge < -0.3 is 0 Å². The number of thiophene rings is 1. The molecule has 5 nitrogen and oxygen atoms in total. The molecule has 0 radical (unpaired) electrons. The van der Waals surface area contributed by atoms with Crippen LogP contribution < -0.4 is 11.0 Å². The highest BCUT2D eigenvalue weighted by atomic mass is 32.1. The summed E-state index contributed by atoms with van der Waals surface area (Å²) in [4.78, 5) is 19.5. The smallest absolute Gasteiger partial charge is 0.268 e. The molecule has 3 rings (SSSR count). The quantitative estimate of drug-likeness (QED) is 0.587. The Bertz CT molecular complexity index is 950. The van der Waals surface area contributed by atoms with Crippen LogP contribution >= 0.6 is 11.3 Å². The maximum atomic E-state index is 13.1. The monoisotopic (exact) mass is 326 g/mol. The van der Waals surface area contributed by atoms with Gasteiger partial charge in [-0.15, -0.1) is 11.3 Å². The third kappa shape index (κ3) is 2.77. The van der Waals surface area contributed by atoms with E-state index in [2.05, 4.69) is 15.5 Å². The van der Waals surface area contributed by atoms with E-state index in [1.54, 1.807) is 4.57 Å². The predicted octanol–water partition coefficient (Wildman–Crippen LogP) is 3.87. The number of anilines is 1. The van der Waals surface area contributed by atoms with Crippen LogP contribution in [0.25, 0.3) is 15.9 Å². The fraction of sp³-hybridized carbons (Fsp3) is 0.235. The highest BCUT2D eigenvalue weighted by Crippen LogP contribution is 2.28. The summed E-state index contributed by atoms with van der Waals surface area (Å²) >= 11 is 1.53. The molecular weight excluding hydrogens is 308 g/mol. The number of benzene rings is 1. The van der Waals surface area contributed by atoms with Crippen LogP contribution in [0.4, 0.5) is 5.95 Å². The molecule has 0 unspecified atom stereocenters. The van der Waals surface area contributed by atoms with Gasteiger partial charge in [-0.3, -0.25) is 4.79 Å². The van der Waals surface area contributed by atoms with Crippen LogP contribution in [0.15, 0.2) is 40.2 Å². The van der Waals surface area contributed by atoms with Crippen molar-refractivity contribution in [3.05, 3.63) is 51.1 Å². The van der Waals surface area contributed by atoms with E-state index in [1.165, 1.54) is 11.3 Å². The van der Waals surface area contributed by atoms with E-state index in [0.29, 0.717) is 11.3 Å². The second kappa shape index (κ2) is 5.96. The summed E-state index contributed by atoms with van der Waals surface area (Å²) in [6.45, 7) is 7.75. The minimum atomic E-state index is -0.0745. The molecule has 0 bridgehead atoms. The first-order valence-electron chi connectivity index (χ1n) is 7.34. The molecule has 118 valence electrons. The number of hydrogen-bond acceptors (Lipinski definition) is 5. The number of nitrogens with one attached hydrogen (secondary N) is 1. The van der Waals surface area contributed by atoms with Gasteiger partial charge in [0, 0.05) is 10.6 Å². The molecule has 1 aromatic carbocycles. The third-order valence-electron chi connectivity index (χ3n) is 3.60. The van der Waals surface area contributed by atoms with E-state index < -0.39 is 0 Å². The summed E-state index contributed by atoms with van der Waals surface area (Å²) in [6, 6.07) is 9.49. The van der Waals surface area contributed by atoms with Gasteiger partial charge in [-0.25, -0.2) is 15.0 Å². The van der Waals surface area contributed by atoms with Gasteiger partial charge in [0.2, 0.25) is 5.95 Å². The second-order valence-corrected chi connectivity index (χ2v) is 6.75. The highest BCUT2D eigenvalue weighted by molar-refractivity contribution is 7.18. The Kier molecular flexibility index (Phi) is 4.00. The van der Waals surface area contributed by atoms with Crippen LogP contribution in [0, 0.1) is 13.8 Å². The van der Waals surface area contributed by atoms with Crippen LogP contribution in [-0.4, -0.2) is 15.3 Å². The normalized spacial score (nSPS) is 10.8. The summed E-state index contributed by atoms with van der Waals surface area (Å²) in [5.74, 6) is 0.427. The molecule has 0 aliphatic rings. The zero-order chi connectivity index (χ0) is 16.6. The van der Waals surface area contributed by atoms with Crippen molar-refractivity contribution in [2.24, 2.45) is 5.10 Å². The Hall–Kier alpha value is -2.47. The minimum Gasteiger partial charge on any atom is -0.268 e. The van der Waals surface area contributed by atoms with Crippen molar-refractivity contribution in [3.8, 4) is 5.69 Å². The standard InChI is InChI=1S/C17H18N4OS/c1-10(2)19-20-17-18-15-14(11(3)12(4)23-15)16(22)21(17)13-8-6-5-7-9-13/h5-9H,1-4H3,(H,18,20). The fourth-order valence-corrected chi connectivity index (χ4v) is 3.37. The topological polar surface area (TPSA) is 59.3 Å². The second-order valence-electron chi connectivity index (χ2n) is 5.55. The van der Waals surface area contributed by atoms with Crippen molar-refractivity contribution in [1.82, 2.24) is 9.55 Å². The number of nitrogens with zero attached hydrogens (tertiary/aromatic N) is 3. The molecule has 0 saturated carbocycles. The Labute approximate surface area is 138 Å². The van der Waals surface area contributed by atoms with Crippen molar-refractivity contribution in [1.29, 1.82) is 0 Å². The van der Waals surface area contributed by atoms with Crippen molar-refractivity contribution < 1.29 is 0 Å². The van der Waals surface area contributed by atoms with Crippen molar-refractivity contribution in [2.75, 3.05) is 5.43 Å². The van der Waals surface area contributed by atoms with Gasteiger partial charge >= 0.3 is 0 Å². The number of hydrazone groups is 1. The first-order chi connectivity index (χ1) is 11.0. The SMILES string of the molecule is CC(C)=NNc1nc2sc(C)c(C)c2c(=O)n1-c1ccccc1. The van der Waals surface area contributed by atoms with Gasteiger partial charge in [-0.1, -0.05) is 18.2 Å². The Balaban J connectivity index is 2.35. The van der Waals surface area contributed by atoms with E-state index >= 15 is 0 Å². The van der Waals surface area contributed by atoms with E-state index in [9.17, 15) is 4.79 Å². The van der Waals surface area contributed by atoms with E-state index in [-0.39, 0.29) is 5.56 Å². The van der Waals surface area contributed by atoms with Gasteiger partial charge in [0.25, 0.3) is 5.56 Å². The van der Waals surface area contributed by atoms with E-state index in [1.807, 2.05) is 58.0 Å². The molecule has 0 aliphatic carbocycles. The molecule has 23 heavy (non-hydrogen) atoms. The van der Waals surface area contributed by atoms with Gasteiger partial charge in [0.15, 0.2) is 0 Å². The first kappa shape index (κ1) is 15.4. The number of hydrogen-bond donors (Lipinski definition) is 1. The van der Waals surface area contributed by atoms with Crippen molar-refractivity contribution in [2.45, 2.75) is 27.7 Å². The lowest BCUT2D eigenvalue weighted by atomic mass is 10.2. The van der Waals surface area contributed by atoms with Crippen LogP contribution in [0.3, 0.4) is 0 Å². The average molecular weight is 326 g/mol. The number of aryl methyl sites for hydroxylation is 2. The molecule has 2 aromatic heterocycles. The summed E-state index contributed by atoms with van der Waals surface area (Å²) in [5, 5.41) is 4.89. The maximum Gasteiger partial charge on any atom is 0.268 e. The van der Waals surface area contributed by atoms with E-state index in [0.717, 1.165) is 26.7 Å². The molecule has 0 fully saturated rings. The van der Waals surface area contributed by atoms with Gasteiger partial charge in [-0.2, -0.15) is 5.10 Å².